The van der Waals surface area contributed by atoms with E-state index in [1.165, 1.54) is 11.3 Å². The molecule has 1 heterocycles. The number of benzene rings is 1. The molecule has 4 heteroatoms. The molecule has 3 rings (SSSR count). The molecule has 0 saturated carbocycles. The Morgan fingerprint density at radius 2 is 2.09 bits per heavy atom. The van der Waals surface area contributed by atoms with Crippen LogP contribution < -0.4 is 5.32 Å². The van der Waals surface area contributed by atoms with Gasteiger partial charge in [0.25, 0.3) is 0 Å². The van der Waals surface area contributed by atoms with E-state index < -0.39 is 0 Å². The van der Waals surface area contributed by atoms with Gasteiger partial charge in [-0.05, 0) is 23.8 Å². The van der Waals surface area contributed by atoms with E-state index >= 15 is 0 Å². The highest BCUT2D eigenvalue weighted by atomic mass is 16.1. The lowest BCUT2D eigenvalue weighted by Crippen LogP contribution is -2.37. The quantitative estimate of drug-likeness (QED) is 0.947. The van der Waals surface area contributed by atoms with Crippen LogP contribution in [0.25, 0.3) is 0 Å². The van der Waals surface area contributed by atoms with Crippen LogP contribution in [0.3, 0.4) is 0 Å². The molecule has 1 aromatic carbocycles. The third-order valence-corrected chi connectivity index (χ3v) is 4.41. The third kappa shape index (κ3) is 3.06. The number of nitrogens with one attached hydrogen (secondary N) is 1. The molecule has 1 aromatic heterocycles. The Morgan fingerprint density at radius 1 is 1.36 bits per heavy atom. The molecule has 1 unspecified atom stereocenters. The van der Waals surface area contributed by atoms with Crippen LogP contribution in [-0.2, 0) is 24.7 Å². The number of carbonyl (C=O) groups excluding carboxylic acids is 1. The van der Waals surface area contributed by atoms with Gasteiger partial charge in [-0.15, -0.1) is 0 Å². The van der Waals surface area contributed by atoms with Crippen molar-refractivity contribution in [3.63, 3.8) is 0 Å². The summed E-state index contributed by atoms with van der Waals surface area (Å²) in [6, 6.07) is 9.92. The highest BCUT2D eigenvalue weighted by Crippen LogP contribution is 2.40. The maximum atomic E-state index is 12.4. The summed E-state index contributed by atoms with van der Waals surface area (Å²) in [6.07, 6.45) is 4.28. The first-order valence-corrected chi connectivity index (χ1v) is 7.79. The predicted molar refractivity (Wildman–Crippen MR) is 86.3 cm³/mol. The summed E-state index contributed by atoms with van der Waals surface area (Å²) >= 11 is 0. The van der Waals surface area contributed by atoms with Gasteiger partial charge in [-0.1, -0.05) is 44.2 Å². The highest BCUT2D eigenvalue weighted by molar-refractivity contribution is 5.79. The second kappa shape index (κ2) is 5.59. The first kappa shape index (κ1) is 14.8. The minimum atomic E-state index is 0.0589. The molecular formula is C18H23N3O. The number of fused-ring (bicyclic) bond motifs is 1. The molecule has 0 aliphatic heterocycles. The molecule has 1 N–H and O–H groups in total. The van der Waals surface area contributed by atoms with Gasteiger partial charge in [-0.2, -0.15) is 5.10 Å². The van der Waals surface area contributed by atoms with Crippen LogP contribution in [0, 0.1) is 5.41 Å². The van der Waals surface area contributed by atoms with Gasteiger partial charge < -0.3 is 5.32 Å². The van der Waals surface area contributed by atoms with Crippen molar-refractivity contribution in [1.82, 2.24) is 15.1 Å². The van der Waals surface area contributed by atoms with Crippen molar-refractivity contribution in [2.45, 2.75) is 39.2 Å². The maximum absolute atomic E-state index is 12.4. The van der Waals surface area contributed by atoms with Gasteiger partial charge in [-0.3, -0.25) is 9.48 Å². The molecule has 116 valence electrons. The van der Waals surface area contributed by atoms with Crippen molar-refractivity contribution in [1.29, 1.82) is 0 Å². The van der Waals surface area contributed by atoms with Gasteiger partial charge in [0.2, 0.25) is 5.91 Å². The number of aromatic nitrogens is 2. The number of aryl methyl sites for hydroxylation is 1. The molecule has 1 atom stereocenters. The lowest BCUT2D eigenvalue weighted by atomic mass is 9.74. The van der Waals surface area contributed by atoms with E-state index in [4.69, 9.17) is 0 Å². The van der Waals surface area contributed by atoms with Gasteiger partial charge in [0.05, 0.1) is 18.7 Å². The fourth-order valence-corrected chi connectivity index (χ4v) is 3.33. The van der Waals surface area contributed by atoms with Crippen molar-refractivity contribution in [3.8, 4) is 0 Å². The predicted octanol–water partition coefficient (Wildman–Crippen LogP) is 2.79. The van der Waals surface area contributed by atoms with Crippen LogP contribution in [0.1, 0.15) is 43.1 Å². The van der Waals surface area contributed by atoms with Crippen LogP contribution in [0.15, 0.2) is 36.5 Å². The zero-order valence-electron chi connectivity index (χ0n) is 13.5. The Kier molecular flexibility index (Phi) is 3.77. The molecule has 2 aromatic rings. The lowest BCUT2D eigenvalue weighted by molar-refractivity contribution is -0.121. The number of nitrogens with zero attached hydrogens (tertiary/aromatic N) is 2. The normalized spacial score (nSPS) is 19.5. The zero-order valence-corrected chi connectivity index (χ0v) is 13.5. The number of amides is 1. The SMILES string of the molecule is Cn1ncc2c1CC(C)(C)CC2NC(=O)Cc1ccccc1. The summed E-state index contributed by atoms with van der Waals surface area (Å²) < 4.78 is 1.94. The van der Waals surface area contributed by atoms with Gasteiger partial charge in [0, 0.05) is 18.3 Å². The summed E-state index contributed by atoms with van der Waals surface area (Å²) in [5, 5.41) is 7.57. The molecule has 0 radical (unpaired) electrons. The lowest BCUT2D eigenvalue weighted by Gasteiger charge is -2.35. The van der Waals surface area contributed by atoms with Crippen molar-refractivity contribution in [3.05, 3.63) is 53.3 Å². The smallest absolute Gasteiger partial charge is 0.224 e. The average Bonchev–Trinajstić information content (AvgIpc) is 2.80. The van der Waals surface area contributed by atoms with Crippen molar-refractivity contribution in [2.75, 3.05) is 0 Å². The van der Waals surface area contributed by atoms with Crippen LogP contribution >= 0.6 is 0 Å². The third-order valence-electron chi connectivity index (χ3n) is 4.41. The number of hydrogen-bond acceptors (Lipinski definition) is 2. The Morgan fingerprint density at radius 3 is 2.82 bits per heavy atom. The molecule has 0 fully saturated rings. The van der Waals surface area contributed by atoms with E-state index in [2.05, 4.69) is 24.3 Å². The fraction of sp³-hybridized carbons (Fsp3) is 0.444. The molecule has 1 amide bonds. The molecule has 0 spiro atoms. The molecule has 1 aliphatic rings. The van der Waals surface area contributed by atoms with Crippen LogP contribution in [0.2, 0.25) is 0 Å². The van der Waals surface area contributed by atoms with E-state index in [0.29, 0.717) is 6.42 Å². The maximum Gasteiger partial charge on any atom is 0.224 e. The Bertz CT molecular complexity index is 673. The first-order chi connectivity index (χ1) is 10.4. The van der Waals surface area contributed by atoms with Crippen LogP contribution in [0.4, 0.5) is 0 Å². The van der Waals surface area contributed by atoms with Crippen molar-refractivity contribution >= 4 is 5.91 Å². The van der Waals surface area contributed by atoms with Gasteiger partial charge >= 0.3 is 0 Å². The van der Waals surface area contributed by atoms with Gasteiger partial charge in [0.15, 0.2) is 0 Å². The minimum Gasteiger partial charge on any atom is -0.349 e. The van der Waals surface area contributed by atoms with E-state index in [1.54, 1.807) is 0 Å². The first-order valence-electron chi connectivity index (χ1n) is 7.79. The molecule has 1 aliphatic carbocycles. The molecular weight excluding hydrogens is 274 g/mol. The average molecular weight is 297 g/mol. The van der Waals surface area contributed by atoms with Gasteiger partial charge in [0.1, 0.15) is 0 Å². The van der Waals surface area contributed by atoms with E-state index in [1.807, 2.05) is 48.3 Å². The van der Waals surface area contributed by atoms with E-state index in [9.17, 15) is 4.79 Å². The summed E-state index contributed by atoms with van der Waals surface area (Å²) in [5.74, 6) is 0.0729. The number of hydrogen-bond donors (Lipinski definition) is 1. The number of carbonyl (C=O) groups is 1. The molecule has 22 heavy (non-hydrogen) atoms. The van der Waals surface area contributed by atoms with Gasteiger partial charge in [-0.25, -0.2) is 0 Å². The monoisotopic (exact) mass is 297 g/mol. The summed E-state index contributed by atoms with van der Waals surface area (Å²) in [6.45, 7) is 4.50. The van der Waals surface area contributed by atoms with E-state index in [-0.39, 0.29) is 17.4 Å². The minimum absolute atomic E-state index is 0.0589. The summed E-state index contributed by atoms with van der Waals surface area (Å²) in [4.78, 5) is 12.4. The second-order valence-electron chi connectivity index (χ2n) is 7.00. The number of rotatable bonds is 3. The molecule has 4 nitrogen and oxygen atoms in total. The van der Waals surface area contributed by atoms with Crippen molar-refractivity contribution < 1.29 is 4.79 Å². The largest absolute Gasteiger partial charge is 0.349 e. The standard InChI is InChI=1S/C18H23N3O/c1-18(2)10-15(14-12-19-21(3)16(14)11-18)20-17(22)9-13-7-5-4-6-8-13/h4-8,12,15H,9-11H2,1-3H3,(H,20,22). The highest BCUT2D eigenvalue weighted by Gasteiger charge is 2.35. The Hall–Kier alpha value is -2.10. The second-order valence-corrected chi connectivity index (χ2v) is 7.00. The fourth-order valence-electron chi connectivity index (χ4n) is 3.33. The zero-order chi connectivity index (χ0) is 15.7. The van der Waals surface area contributed by atoms with E-state index in [0.717, 1.165) is 18.4 Å². The van der Waals surface area contributed by atoms with Crippen LogP contribution in [-0.4, -0.2) is 15.7 Å². The molecule has 0 saturated heterocycles. The topological polar surface area (TPSA) is 46.9 Å². The molecule has 0 bridgehead atoms. The summed E-state index contributed by atoms with van der Waals surface area (Å²) in [7, 11) is 1.98. The Labute approximate surface area is 131 Å². The van der Waals surface area contributed by atoms with Crippen LogP contribution in [0.5, 0.6) is 0 Å². The Balaban J connectivity index is 1.76. The summed E-state index contributed by atoms with van der Waals surface area (Å²) in [5.41, 5.74) is 3.62. The van der Waals surface area contributed by atoms with Crippen molar-refractivity contribution in [2.24, 2.45) is 12.5 Å².